The van der Waals surface area contributed by atoms with Gasteiger partial charge in [0.25, 0.3) is 0 Å². The zero-order valence-corrected chi connectivity index (χ0v) is 23.0. The van der Waals surface area contributed by atoms with Crippen LogP contribution in [0.2, 0.25) is 0 Å². The fraction of sp³-hybridized carbons (Fsp3) is 0.303. The van der Waals surface area contributed by atoms with E-state index in [1.54, 1.807) is 4.90 Å². The highest BCUT2D eigenvalue weighted by molar-refractivity contribution is 5.83. The number of carbonyl (C=O) groups is 1. The Morgan fingerprint density at radius 3 is 2.41 bits per heavy atom. The summed E-state index contributed by atoms with van der Waals surface area (Å²) >= 11 is 0. The van der Waals surface area contributed by atoms with Crippen LogP contribution in [0.1, 0.15) is 36.3 Å². The summed E-state index contributed by atoms with van der Waals surface area (Å²) in [5.41, 5.74) is 4.62. The van der Waals surface area contributed by atoms with E-state index in [4.69, 9.17) is 19.9 Å². The molecule has 0 unspecified atom stereocenters. The van der Waals surface area contributed by atoms with Crippen LogP contribution in [0.25, 0.3) is 21.9 Å². The van der Waals surface area contributed by atoms with Crippen LogP contribution in [-0.4, -0.2) is 59.2 Å². The van der Waals surface area contributed by atoms with Crippen molar-refractivity contribution in [3.63, 3.8) is 0 Å². The number of ether oxygens (including phenoxy) is 2. The highest BCUT2D eigenvalue weighted by Crippen LogP contribution is 2.34. The summed E-state index contributed by atoms with van der Waals surface area (Å²) in [4.78, 5) is 19.2. The van der Waals surface area contributed by atoms with Crippen molar-refractivity contribution in [2.45, 2.75) is 37.9 Å². The number of unbranched alkanes of at least 4 members (excludes halogenated alkanes) is 1. The Labute approximate surface area is 240 Å². The molecule has 1 saturated heterocycles. The quantitative estimate of drug-likeness (QED) is 0.155. The summed E-state index contributed by atoms with van der Waals surface area (Å²) in [7, 11) is 0. The molecule has 1 aliphatic heterocycles. The van der Waals surface area contributed by atoms with Crippen molar-refractivity contribution in [3.8, 4) is 11.1 Å². The van der Waals surface area contributed by atoms with Gasteiger partial charge >= 0.3 is 6.09 Å². The van der Waals surface area contributed by atoms with Crippen molar-refractivity contribution in [3.05, 3.63) is 108 Å². The van der Waals surface area contributed by atoms with Crippen LogP contribution in [-0.2, 0) is 20.9 Å². The first-order valence-electron chi connectivity index (χ1n) is 14.0. The standard InChI is InChI=1S/C33H36N2O6/c36-33(39-19-6-7-20-41-35(37)38)34-18-17-31(30-14-8-13-29(22-30)26-9-2-1-3-10-26)32(23-34)40-24-25-15-16-27-11-4-5-12-28(27)21-25/h1-5,8-16,21-22,31-32,37-38H,6-7,17-20,23-24H2/t31-,32+/m1/s1. The van der Waals surface area contributed by atoms with Gasteiger partial charge in [-0.15, -0.1) is 0 Å². The monoisotopic (exact) mass is 556 g/mol. The number of nitrogens with zero attached hydrogens (tertiary/aromatic N) is 2. The number of carbonyl (C=O) groups excluding carboxylic acids is 1. The zero-order chi connectivity index (χ0) is 28.4. The van der Waals surface area contributed by atoms with E-state index in [9.17, 15) is 4.79 Å². The minimum atomic E-state index is -0.368. The van der Waals surface area contributed by atoms with E-state index in [1.165, 1.54) is 21.9 Å². The molecular formula is C33H36N2O6. The lowest BCUT2D eigenvalue weighted by atomic mass is 9.85. The lowest BCUT2D eigenvalue weighted by Gasteiger charge is -2.38. The molecule has 1 aliphatic rings. The summed E-state index contributed by atoms with van der Waals surface area (Å²) in [5.74, 6) is 0.125. The summed E-state index contributed by atoms with van der Waals surface area (Å²) in [6, 6.07) is 33.6. The second-order valence-corrected chi connectivity index (χ2v) is 10.3. The average Bonchev–Trinajstić information content (AvgIpc) is 3.01. The van der Waals surface area contributed by atoms with Gasteiger partial charge in [0, 0.05) is 12.5 Å². The molecule has 0 aliphatic carbocycles. The van der Waals surface area contributed by atoms with E-state index in [0.717, 1.165) is 17.5 Å². The van der Waals surface area contributed by atoms with Crippen molar-refractivity contribution < 1.29 is 29.5 Å². The molecule has 1 fully saturated rings. The van der Waals surface area contributed by atoms with Gasteiger partial charge in [0.1, 0.15) is 0 Å². The van der Waals surface area contributed by atoms with E-state index >= 15 is 0 Å². The van der Waals surface area contributed by atoms with Gasteiger partial charge in [-0.05, 0) is 58.4 Å². The Kier molecular flexibility index (Phi) is 9.96. The topological polar surface area (TPSA) is 91.7 Å². The minimum absolute atomic E-state index is 0.114. The molecule has 0 saturated carbocycles. The zero-order valence-electron chi connectivity index (χ0n) is 23.0. The Morgan fingerprint density at radius 1 is 0.829 bits per heavy atom. The maximum Gasteiger partial charge on any atom is 0.409 e. The van der Waals surface area contributed by atoms with Crippen molar-refractivity contribution >= 4 is 16.9 Å². The normalized spacial score (nSPS) is 17.2. The molecule has 0 spiro atoms. The van der Waals surface area contributed by atoms with E-state index in [-0.39, 0.29) is 36.7 Å². The summed E-state index contributed by atoms with van der Waals surface area (Å²) < 4.78 is 12.1. The van der Waals surface area contributed by atoms with Crippen LogP contribution in [0, 0.1) is 0 Å². The molecule has 1 heterocycles. The Morgan fingerprint density at radius 2 is 1.59 bits per heavy atom. The predicted octanol–water partition coefficient (Wildman–Crippen LogP) is 6.81. The minimum Gasteiger partial charge on any atom is -0.449 e. The number of piperidine rings is 1. The van der Waals surface area contributed by atoms with E-state index in [2.05, 4.69) is 71.6 Å². The van der Waals surface area contributed by atoms with Crippen molar-refractivity contribution in [1.29, 1.82) is 0 Å². The van der Waals surface area contributed by atoms with Crippen LogP contribution in [0.15, 0.2) is 97.1 Å². The van der Waals surface area contributed by atoms with E-state index in [0.29, 0.717) is 32.5 Å². The van der Waals surface area contributed by atoms with Crippen molar-refractivity contribution in [2.75, 3.05) is 26.3 Å². The molecule has 0 aromatic heterocycles. The largest absolute Gasteiger partial charge is 0.449 e. The first kappa shape index (κ1) is 28.7. The number of likely N-dealkylation sites (tertiary alicyclic amines) is 1. The molecule has 41 heavy (non-hydrogen) atoms. The van der Waals surface area contributed by atoms with Gasteiger partial charge in [-0.1, -0.05) is 91.0 Å². The number of hydrogen-bond donors (Lipinski definition) is 2. The van der Waals surface area contributed by atoms with Gasteiger partial charge in [0.05, 0.1) is 37.9 Å². The summed E-state index contributed by atoms with van der Waals surface area (Å²) in [5, 5.41) is 19.2. The number of hydrogen-bond acceptors (Lipinski definition) is 7. The maximum absolute atomic E-state index is 12.9. The predicted molar refractivity (Wildman–Crippen MR) is 155 cm³/mol. The van der Waals surface area contributed by atoms with Gasteiger partial charge in [-0.3, -0.25) is 15.3 Å². The Balaban J connectivity index is 1.28. The lowest BCUT2D eigenvalue weighted by Crippen LogP contribution is -2.47. The molecule has 1 amide bonds. The third-order valence-corrected chi connectivity index (χ3v) is 7.49. The summed E-state index contributed by atoms with van der Waals surface area (Å²) in [6.07, 6.45) is 1.24. The third kappa shape index (κ3) is 7.91. The fourth-order valence-electron chi connectivity index (χ4n) is 5.34. The number of rotatable bonds is 11. The smallest absolute Gasteiger partial charge is 0.409 e. The number of benzene rings is 4. The van der Waals surface area contributed by atoms with Gasteiger partial charge < -0.3 is 14.4 Å². The van der Waals surface area contributed by atoms with Crippen LogP contribution in [0.3, 0.4) is 0 Å². The SMILES string of the molecule is O=C(OCCCCON(O)O)N1CC[C@H](c2cccc(-c3ccccc3)c2)[C@@H](OCc2ccc3ccccc3c2)C1. The molecule has 0 radical (unpaired) electrons. The molecule has 0 bridgehead atoms. The third-order valence-electron chi connectivity index (χ3n) is 7.49. The molecular weight excluding hydrogens is 520 g/mol. The summed E-state index contributed by atoms with van der Waals surface area (Å²) in [6.45, 7) is 1.78. The maximum atomic E-state index is 12.9. The number of fused-ring (bicyclic) bond motifs is 1. The molecule has 5 rings (SSSR count). The molecule has 2 atom stereocenters. The molecule has 2 N–H and O–H groups in total. The highest BCUT2D eigenvalue weighted by Gasteiger charge is 2.34. The second-order valence-electron chi connectivity index (χ2n) is 10.3. The first-order valence-corrected chi connectivity index (χ1v) is 14.0. The molecule has 4 aromatic rings. The molecule has 4 aromatic carbocycles. The van der Waals surface area contributed by atoms with Crippen molar-refractivity contribution in [2.24, 2.45) is 0 Å². The fourth-order valence-corrected chi connectivity index (χ4v) is 5.34. The Hall–Kier alpha value is -3.79. The molecule has 8 heteroatoms. The van der Waals surface area contributed by atoms with Gasteiger partial charge in [-0.2, -0.15) is 0 Å². The first-order chi connectivity index (χ1) is 20.1. The lowest BCUT2D eigenvalue weighted by molar-refractivity contribution is -0.492. The molecule has 8 nitrogen and oxygen atoms in total. The highest BCUT2D eigenvalue weighted by atomic mass is 17.1. The van der Waals surface area contributed by atoms with Crippen LogP contribution < -0.4 is 0 Å². The second kappa shape index (κ2) is 14.2. The Bertz CT molecular complexity index is 1410. The molecule has 214 valence electrons. The van der Waals surface area contributed by atoms with Crippen LogP contribution in [0.5, 0.6) is 0 Å². The van der Waals surface area contributed by atoms with E-state index in [1.807, 2.05) is 30.3 Å². The number of amides is 1. The average molecular weight is 557 g/mol. The van der Waals surface area contributed by atoms with Crippen LogP contribution in [0.4, 0.5) is 4.79 Å². The van der Waals surface area contributed by atoms with Gasteiger partial charge in [-0.25, -0.2) is 4.79 Å². The van der Waals surface area contributed by atoms with Crippen LogP contribution >= 0.6 is 0 Å². The van der Waals surface area contributed by atoms with Gasteiger partial charge in [0.15, 0.2) is 0 Å². The van der Waals surface area contributed by atoms with Gasteiger partial charge in [0.2, 0.25) is 0 Å². The van der Waals surface area contributed by atoms with E-state index < -0.39 is 0 Å². The van der Waals surface area contributed by atoms with Crippen molar-refractivity contribution in [1.82, 2.24) is 10.3 Å².